The van der Waals surface area contributed by atoms with Crippen molar-refractivity contribution in [2.45, 2.75) is 13.8 Å². The lowest BCUT2D eigenvalue weighted by molar-refractivity contribution is 0.914. The van der Waals surface area contributed by atoms with Gasteiger partial charge in [-0.3, -0.25) is 9.36 Å². The van der Waals surface area contributed by atoms with Crippen LogP contribution in [0.2, 0.25) is 0 Å². The number of benzene rings is 1. The van der Waals surface area contributed by atoms with E-state index in [0.29, 0.717) is 16.1 Å². The molecular weight excluding hydrogens is 236 g/mol. The van der Waals surface area contributed by atoms with Crippen molar-refractivity contribution in [2.24, 2.45) is 0 Å². The van der Waals surface area contributed by atoms with Gasteiger partial charge >= 0.3 is 0 Å². The van der Waals surface area contributed by atoms with Gasteiger partial charge in [-0.05, 0) is 36.3 Å². The third-order valence-electron chi connectivity index (χ3n) is 3.33. The Morgan fingerprint density at radius 3 is 2.42 bits per heavy atom. The van der Waals surface area contributed by atoms with Crippen molar-refractivity contribution in [3.8, 4) is 11.8 Å². The van der Waals surface area contributed by atoms with Crippen molar-refractivity contribution >= 4 is 13.2 Å². The van der Waals surface area contributed by atoms with Crippen molar-refractivity contribution in [3.05, 3.63) is 61.9 Å². The van der Waals surface area contributed by atoms with Gasteiger partial charge in [0.05, 0.1) is 5.69 Å². The molecule has 0 saturated carbocycles. The lowest BCUT2D eigenvalue weighted by atomic mass is 10.1. The van der Waals surface area contributed by atoms with Crippen LogP contribution in [0.1, 0.15) is 16.7 Å². The standard InChI is InChI=1S/C16H14N2O/c1-10-7-5-6-8-15(10)18-13(4)11(2)12(3)14(9-17)16(18)19/h5-8H,2,4H2,1,3H3. The molecule has 1 aromatic carbocycles. The maximum atomic E-state index is 12.4. The summed E-state index contributed by atoms with van der Waals surface area (Å²) in [5.41, 5.74) is 2.07. The van der Waals surface area contributed by atoms with Crippen LogP contribution in [0.25, 0.3) is 18.8 Å². The third kappa shape index (κ3) is 1.88. The first-order chi connectivity index (χ1) is 8.99. The Labute approximate surface area is 111 Å². The minimum absolute atomic E-state index is 0.126. The summed E-state index contributed by atoms with van der Waals surface area (Å²) in [5.74, 6) is 0. The van der Waals surface area contributed by atoms with Gasteiger partial charge in [0, 0.05) is 5.35 Å². The summed E-state index contributed by atoms with van der Waals surface area (Å²) in [6.45, 7) is 11.5. The molecule has 0 atom stereocenters. The fourth-order valence-electron chi connectivity index (χ4n) is 2.10. The molecule has 2 aromatic rings. The molecule has 19 heavy (non-hydrogen) atoms. The fraction of sp³-hybridized carbons (Fsp3) is 0.125. The molecule has 0 radical (unpaired) electrons. The van der Waals surface area contributed by atoms with E-state index in [1.165, 1.54) is 4.57 Å². The van der Waals surface area contributed by atoms with Gasteiger partial charge in [0.15, 0.2) is 0 Å². The van der Waals surface area contributed by atoms with Crippen LogP contribution in [0.5, 0.6) is 0 Å². The van der Waals surface area contributed by atoms with Gasteiger partial charge in [0.1, 0.15) is 11.6 Å². The molecule has 1 heterocycles. The highest BCUT2D eigenvalue weighted by atomic mass is 16.1. The smallest absolute Gasteiger partial charge is 0.273 e. The van der Waals surface area contributed by atoms with Crippen LogP contribution in [0.4, 0.5) is 0 Å². The lowest BCUT2D eigenvalue weighted by Gasteiger charge is -2.12. The summed E-state index contributed by atoms with van der Waals surface area (Å²) in [5, 5.41) is 10.3. The second-order valence-corrected chi connectivity index (χ2v) is 4.46. The van der Waals surface area contributed by atoms with Gasteiger partial charge in [-0.15, -0.1) is 0 Å². The zero-order valence-corrected chi connectivity index (χ0v) is 11.0. The Balaban J connectivity index is 3.04. The highest BCUT2D eigenvalue weighted by Gasteiger charge is 2.12. The van der Waals surface area contributed by atoms with Crippen LogP contribution in [-0.4, -0.2) is 4.57 Å². The van der Waals surface area contributed by atoms with Gasteiger partial charge in [0.2, 0.25) is 0 Å². The first-order valence-electron chi connectivity index (χ1n) is 5.88. The second kappa shape index (κ2) is 4.58. The molecule has 0 aliphatic carbocycles. The quantitative estimate of drug-likeness (QED) is 0.762. The molecule has 0 spiro atoms. The predicted octanol–water partition coefficient (Wildman–Crippen LogP) is 1.15. The van der Waals surface area contributed by atoms with E-state index in [9.17, 15) is 4.79 Å². The first-order valence-corrected chi connectivity index (χ1v) is 5.88. The van der Waals surface area contributed by atoms with E-state index < -0.39 is 0 Å². The van der Waals surface area contributed by atoms with Crippen LogP contribution in [-0.2, 0) is 0 Å². The normalized spacial score (nSPS) is 10.2. The number of nitriles is 1. The maximum absolute atomic E-state index is 12.4. The zero-order valence-electron chi connectivity index (χ0n) is 11.0. The number of hydrogen-bond donors (Lipinski definition) is 0. The molecule has 3 heteroatoms. The topological polar surface area (TPSA) is 45.8 Å². The molecule has 0 fully saturated rings. The Kier molecular flexibility index (Phi) is 3.10. The average molecular weight is 250 g/mol. The maximum Gasteiger partial charge on any atom is 0.273 e. The van der Waals surface area contributed by atoms with E-state index in [-0.39, 0.29) is 11.1 Å². The minimum atomic E-state index is -0.341. The van der Waals surface area contributed by atoms with Gasteiger partial charge in [0.25, 0.3) is 5.56 Å². The summed E-state index contributed by atoms with van der Waals surface area (Å²) >= 11 is 0. The van der Waals surface area contributed by atoms with E-state index >= 15 is 0 Å². The Hall–Kier alpha value is -2.60. The minimum Gasteiger partial charge on any atom is -0.276 e. The van der Waals surface area contributed by atoms with Crippen LogP contribution in [0, 0.1) is 25.2 Å². The SMILES string of the molecule is C=c1c(C)c(C#N)c(=O)n(-c2ccccc2C)c1=C. The number of rotatable bonds is 1. The van der Waals surface area contributed by atoms with Crippen LogP contribution in [0.15, 0.2) is 29.1 Å². The number of aryl methyl sites for hydroxylation is 1. The van der Waals surface area contributed by atoms with Crippen LogP contribution >= 0.6 is 0 Å². The summed E-state index contributed by atoms with van der Waals surface area (Å²) < 4.78 is 1.46. The molecule has 0 aliphatic rings. The largest absolute Gasteiger partial charge is 0.276 e. The Bertz CT molecular complexity index is 854. The van der Waals surface area contributed by atoms with Gasteiger partial charge in [-0.25, -0.2) is 0 Å². The van der Waals surface area contributed by atoms with Gasteiger partial charge in [-0.1, -0.05) is 31.4 Å². The second-order valence-electron chi connectivity index (χ2n) is 4.46. The van der Waals surface area contributed by atoms with E-state index in [4.69, 9.17) is 5.26 Å². The molecule has 3 nitrogen and oxygen atoms in total. The van der Waals surface area contributed by atoms with Crippen molar-refractivity contribution in [2.75, 3.05) is 0 Å². The summed E-state index contributed by atoms with van der Waals surface area (Å²) in [7, 11) is 0. The van der Waals surface area contributed by atoms with Crippen molar-refractivity contribution < 1.29 is 0 Å². The molecule has 1 aromatic heterocycles. The van der Waals surface area contributed by atoms with E-state index in [0.717, 1.165) is 11.3 Å². The first kappa shape index (κ1) is 12.8. The molecule has 0 bridgehead atoms. The van der Waals surface area contributed by atoms with Crippen molar-refractivity contribution in [3.63, 3.8) is 0 Å². The van der Waals surface area contributed by atoms with Gasteiger partial charge in [-0.2, -0.15) is 5.26 Å². The molecular formula is C16H14N2O. The van der Waals surface area contributed by atoms with E-state index in [1.807, 2.05) is 37.3 Å². The van der Waals surface area contributed by atoms with Crippen molar-refractivity contribution in [1.82, 2.24) is 4.57 Å². The summed E-state index contributed by atoms with van der Waals surface area (Å²) in [6, 6.07) is 9.46. The van der Waals surface area contributed by atoms with Gasteiger partial charge < -0.3 is 0 Å². The molecule has 0 saturated heterocycles. The Morgan fingerprint density at radius 1 is 1.21 bits per heavy atom. The predicted molar refractivity (Wildman–Crippen MR) is 76.5 cm³/mol. The number of aromatic nitrogens is 1. The molecule has 2 rings (SSSR count). The molecule has 0 aliphatic heterocycles. The van der Waals surface area contributed by atoms with E-state index in [1.54, 1.807) is 6.92 Å². The Morgan fingerprint density at radius 2 is 1.84 bits per heavy atom. The molecule has 0 unspecified atom stereocenters. The number of para-hydroxylation sites is 1. The average Bonchev–Trinajstić information content (AvgIpc) is 2.39. The monoisotopic (exact) mass is 250 g/mol. The molecule has 94 valence electrons. The van der Waals surface area contributed by atoms with E-state index in [2.05, 4.69) is 13.2 Å². The fourth-order valence-corrected chi connectivity index (χ4v) is 2.10. The van der Waals surface area contributed by atoms with Crippen molar-refractivity contribution in [1.29, 1.82) is 5.26 Å². The highest BCUT2D eigenvalue weighted by Crippen LogP contribution is 2.09. The van der Waals surface area contributed by atoms with Crippen LogP contribution in [0.3, 0.4) is 0 Å². The summed E-state index contributed by atoms with van der Waals surface area (Å²) in [6.07, 6.45) is 0. The van der Waals surface area contributed by atoms with Crippen LogP contribution < -0.4 is 16.1 Å². The lowest BCUT2D eigenvalue weighted by Crippen LogP contribution is -2.44. The number of nitrogens with zero attached hydrogens (tertiary/aromatic N) is 2. The summed E-state index contributed by atoms with van der Waals surface area (Å²) in [4.78, 5) is 12.4. The third-order valence-corrected chi connectivity index (χ3v) is 3.33. The number of pyridine rings is 1. The highest BCUT2D eigenvalue weighted by molar-refractivity contribution is 5.45. The molecule has 0 N–H and O–H groups in total. The molecule has 0 amide bonds. The zero-order chi connectivity index (χ0) is 14.2. The number of hydrogen-bond acceptors (Lipinski definition) is 2.